The lowest BCUT2D eigenvalue weighted by atomic mass is 10.3. The van der Waals surface area contributed by atoms with Gasteiger partial charge in [0.05, 0.1) is 9.82 Å². The Bertz CT molecular complexity index is 587. The van der Waals surface area contributed by atoms with Crippen LogP contribution in [0.5, 0.6) is 0 Å². The average molecular weight is 285 g/mol. The maximum atomic E-state index is 12.4. The molecule has 1 saturated heterocycles. The zero-order valence-corrected chi connectivity index (χ0v) is 11.3. The zero-order valence-electron chi connectivity index (χ0n) is 10.4. The minimum absolute atomic E-state index is 0.0320. The van der Waals surface area contributed by atoms with Gasteiger partial charge in [0.1, 0.15) is 0 Å². The molecule has 1 heterocycles. The van der Waals surface area contributed by atoms with E-state index in [-0.39, 0.29) is 16.6 Å². The molecule has 7 nitrogen and oxygen atoms in total. The Hall–Kier alpha value is -1.51. The van der Waals surface area contributed by atoms with Gasteiger partial charge in [-0.1, -0.05) is 6.07 Å². The highest BCUT2D eigenvalue weighted by Gasteiger charge is 2.31. The summed E-state index contributed by atoms with van der Waals surface area (Å²) >= 11 is 0. The Balaban J connectivity index is 2.38. The summed E-state index contributed by atoms with van der Waals surface area (Å²) in [5.41, 5.74) is -0.219. The number of benzene rings is 1. The average Bonchev–Trinajstić information content (AvgIpc) is 2.39. The Morgan fingerprint density at radius 2 is 2.21 bits per heavy atom. The van der Waals surface area contributed by atoms with Crippen molar-refractivity contribution in [2.24, 2.45) is 0 Å². The van der Waals surface area contributed by atoms with E-state index >= 15 is 0 Å². The largest absolute Gasteiger partial charge is 0.314 e. The topological polar surface area (TPSA) is 92.6 Å². The van der Waals surface area contributed by atoms with Gasteiger partial charge in [0.15, 0.2) is 0 Å². The Kier molecular flexibility index (Phi) is 3.83. The Morgan fingerprint density at radius 3 is 2.84 bits per heavy atom. The highest BCUT2D eigenvalue weighted by molar-refractivity contribution is 7.89. The molecule has 0 aromatic heterocycles. The van der Waals surface area contributed by atoms with E-state index in [1.807, 2.05) is 0 Å². The van der Waals surface area contributed by atoms with Crippen LogP contribution in [-0.2, 0) is 10.0 Å². The van der Waals surface area contributed by atoms with E-state index in [2.05, 4.69) is 5.32 Å². The molecule has 0 bridgehead atoms. The molecule has 1 N–H and O–H groups in total. The molecule has 0 spiro atoms. The molecule has 1 atom stereocenters. The fourth-order valence-electron chi connectivity index (χ4n) is 2.07. The van der Waals surface area contributed by atoms with E-state index < -0.39 is 14.9 Å². The molecule has 0 unspecified atom stereocenters. The van der Waals surface area contributed by atoms with Gasteiger partial charge in [-0.3, -0.25) is 10.1 Å². The Labute approximate surface area is 111 Å². The van der Waals surface area contributed by atoms with Gasteiger partial charge in [-0.25, -0.2) is 8.42 Å². The molecule has 0 aliphatic carbocycles. The van der Waals surface area contributed by atoms with Gasteiger partial charge in [-0.15, -0.1) is 0 Å². The van der Waals surface area contributed by atoms with Crippen LogP contribution in [0.4, 0.5) is 5.69 Å². The van der Waals surface area contributed by atoms with Gasteiger partial charge >= 0.3 is 0 Å². The molecule has 0 amide bonds. The van der Waals surface area contributed by atoms with Crippen LogP contribution in [0.15, 0.2) is 29.2 Å². The Morgan fingerprint density at radius 1 is 1.47 bits per heavy atom. The molecule has 8 heteroatoms. The number of hydrogen-bond donors (Lipinski definition) is 1. The van der Waals surface area contributed by atoms with Crippen molar-refractivity contribution in [1.29, 1.82) is 0 Å². The van der Waals surface area contributed by atoms with Crippen LogP contribution >= 0.6 is 0 Å². The molecule has 1 aromatic rings. The molecule has 1 aliphatic rings. The maximum Gasteiger partial charge on any atom is 0.270 e. The standard InChI is InChI=1S/C11H15N3O4S/c1-9-8-12-5-6-13(9)19(17,18)11-4-2-3-10(7-11)14(15)16/h2-4,7,9,12H,5-6,8H2,1H3/t9-/m1/s1. The number of nitro benzene ring substituents is 1. The lowest BCUT2D eigenvalue weighted by Gasteiger charge is -2.32. The molecule has 1 aromatic carbocycles. The van der Waals surface area contributed by atoms with Gasteiger partial charge in [0, 0.05) is 37.8 Å². The van der Waals surface area contributed by atoms with Crippen molar-refractivity contribution in [2.75, 3.05) is 19.6 Å². The number of nitrogens with one attached hydrogen (secondary N) is 1. The van der Waals surface area contributed by atoms with E-state index in [0.717, 1.165) is 6.07 Å². The summed E-state index contributed by atoms with van der Waals surface area (Å²) in [6.07, 6.45) is 0. The summed E-state index contributed by atoms with van der Waals surface area (Å²) < 4.78 is 26.3. The van der Waals surface area contributed by atoms with Crippen LogP contribution < -0.4 is 5.32 Å². The number of hydrogen-bond acceptors (Lipinski definition) is 5. The monoisotopic (exact) mass is 285 g/mol. The summed E-state index contributed by atoms with van der Waals surface area (Å²) in [4.78, 5) is 10.1. The van der Waals surface area contributed by atoms with E-state index in [1.165, 1.54) is 22.5 Å². The third-order valence-corrected chi connectivity index (χ3v) is 5.08. The van der Waals surface area contributed by atoms with Crippen molar-refractivity contribution in [3.63, 3.8) is 0 Å². The molecule has 1 aliphatic heterocycles. The van der Waals surface area contributed by atoms with E-state index in [9.17, 15) is 18.5 Å². The normalized spacial score (nSPS) is 21.2. The van der Waals surface area contributed by atoms with Crippen molar-refractivity contribution < 1.29 is 13.3 Å². The van der Waals surface area contributed by atoms with Crippen molar-refractivity contribution >= 4 is 15.7 Å². The van der Waals surface area contributed by atoms with Gasteiger partial charge < -0.3 is 5.32 Å². The SMILES string of the molecule is C[C@@H]1CNCCN1S(=O)(=O)c1cccc([N+](=O)[O-])c1. The van der Waals surface area contributed by atoms with Crippen molar-refractivity contribution in [1.82, 2.24) is 9.62 Å². The summed E-state index contributed by atoms with van der Waals surface area (Å²) in [6.45, 7) is 3.33. The summed E-state index contributed by atoms with van der Waals surface area (Å²) in [5.74, 6) is 0. The van der Waals surface area contributed by atoms with Crippen molar-refractivity contribution in [2.45, 2.75) is 17.9 Å². The number of piperazine rings is 1. The zero-order chi connectivity index (χ0) is 14.0. The summed E-state index contributed by atoms with van der Waals surface area (Å²) in [5, 5.41) is 13.8. The first kappa shape index (κ1) is 13.9. The van der Waals surface area contributed by atoms with Gasteiger partial charge in [-0.05, 0) is 13.0 Å². The summed E-state index contributed by atoms with van der Waals surface area (Å²) in [7, 11) is -3.68. The molecule has 104 valence electrons. The molecular formula is C11H15N3O4S. The smallest absolute Gasteiger partial charge is 0.270 e. The first-order valence-corrected chi connectivity index (χ1v) is 7.34. The number of nitro groups is 1. The van der Waals surface area contributed by atoms with Crippen molar-refractivity contribution in [3.05, 3.63) is 34.4 Å². The van der Waals surface area contributed by atoms with Crippen LogP contribution in [0.25, 0.3) is 0 Å². The predicted octanol–water partition coefficient (Wildman–Crippen LogP) is 0.577. The van der Waals surface area contributed by atoms with Gasteiger partial charge in [0.2, 0.25) is 10.0 Å². The van der Waals surface area contributed by atoms with E-state index in [1.54, 1.807) is 6.92 Å². The van der Waals surface area contributed by atoms with Crippen LogP contribution in [0.1, 0.15) is 6.92 Å². The molecule has 1 fully saturated rings. The third kappa shape index (κ3) is 2.75. The quantitative estimate of drug-likeness (QED) is 0.647. The highest BCUT2D eigenvalue weighted by Crippen LogP contribution is 2.22. The molecular weight excluding hydrogens is 270 g/mol. The first-order valence-electron chi connectivity index (χ1n) is 5.90. The third-order valence-electron chi connectivity index (χ3n) is 3.08. The second-order valence-electron chi connectivity index (χ2n) is 4.42. The van der Waals surface area contributed by atoms with Crippen molar-refractivity contribution in [3.8, 4) is 0 Å². The fraction of sp³-hybridized carbons (Fsp3) is 0.455. The molecule has 2 rings (SSSR count). The lowest BCUT2D eigenvalue weighted by Crippen LogP contribution is -2.52. The van der Waals surface area contributed by atoms with Crippen LogP contribution in [0, 0.1) is 10.1 Å². The minimum Gasteiger partial charge on any atom is -0.314 e. The van der Waals surface area contributed by atoms with E-state index in [4.69, 9.17) is 0 Å². The highest BCUT2D eigenvalue weighted by atomic mass is 32.2. The molecule has 19 heavy (non-hydrogen) atoms. The predicted molar refractivity (Wildman–Crippen MR) is 69.3 cm³/mol. The first-order chi connectivity index (χ1) is 8.93. The summed E-state index contributed by atoms with van der Waals surface area (Å²) in [6, 6.07) is 4.98. The minimum atomic E-state index is -3.68. The number of rotatable bonds is 3. The van der Waals surface area contributed by atoms with Gasteiger partial charge in [0.25, 0.3) is 5.69 Å². The second kappa shape index (κ2) is 5.24. The van der Waals surface area contributed by atoms with Crippen LogP contribution in [0.2, 0.25) is 0 Å². The lowest BCUT2D eigenvalue weighted by molar-refractivity contribution is -0.385. The number of non-ortho nitro benzene ring substituents is 1. The number of sulfonamides is 1. The fourth-order valence-corrected chi connectivity index (χ4v) is 3.74. The second-order valence-corrected chi connectivity index (χ2v) is 6.31. The van der Waals surface area contributed by atoms with E-state index in [0.29, 0.717) is 19.6 Å². The molecule has 0 saturated carbocycles. The van der Waals surface area contributed by atoms with Gasteiger partial charge in [-0.2, -0.15) is 4.31 Å². The molecule has 0 radical (unpaired) electrons. The number of nitrogens with zero attached hydrogens (tertiary/aromatic N) is 2. The van der Waals surface area contributed by atoms with Crippen LogP contribution in [-0.4, -0.2) is 43.3 Å². The maximum absolute atomic E-state index is 12.4. The van der Waals surface area contributed by atoms with Crippen LogP contribution in [0.3, 0.4) is 0 Å².